The summed E-state index contributed by atoms with van der Waals surface area (Å²) < 4.78 is 5.13. The van der Waals surface area contributed by atoms with Gasteiger partial charge in [0.1, 0.15) is 11.6 Å². The van der Waals surface area contributed by atoms with Gasteiger partial charge < -0.3 is 9.64 Å². The van der Waals surface area contributed by atoms with Gasteiger partial charge in [-0.3, -0.25) is 4.79 Å². The van der Waals surface area contributed by atoms with Crippen molar-refractivity contribution >= 4 is 23.2 Å². The minimum absolute atomic E-state index is 0.0170. The van der Waals surface area contributed by atoms with Crippen molar-refractivity contribution in [3.05, 3.63) is 24.3 Å². The van der Waals surface area contributed by atoms with Gasteiger partial charge in [0, 0.05) is 11.7 Å². The quantitative estimate of drug-likeness (QED) is 0.768. The van der Waals surface area contributed by atoms with Gasteiger partial charge in [0.25, 0.3) is 0 Å². The summed E-state index contributed by atoms with van der Waals surface area (Å²) in [6, 6.07) is 7.75. The van der Waals surface area contributed by atoms with Gasteiger partial charge in [0.05, 0.1) is 7.11 Å². The molecule has 0 radical (unpaired) electrons. The molecule has 0 heterocycles. The summed E-state index contributed by atoms with van der Waals surface area (Å²) in [6.45, 7) is 2.09. The Bertz CT molecular complexity index is 414. The van der Waals surface area contributed by atoms with E-state index >= 15 is 0 Å². The van der Waals surface area contributed by atoms with Crippen LogP contribution in [-0.4, -0.2) is 24.9 Å². The van der Waals surface area contributed by atoms with Crippen molar-refractivity contribution < 1.29 is 9.53 Å². The van der Waals surface area contributed by atoms with Gasteiger partial charge in [-0.15, -0.1) is 11.6 Å². The SMILES string of the molecule is COc1ccc(N(C(=O)CCl)[C@@H](C)C2CC2)cc1. The number of amides is 1. The maximum absolute atomic E-state index is 12.0. The Balaban J connectivity index is 2.23. The molecule has 4 heteroatoms. The van der Waals surface area contributed by atoms with E-state index in [4.69, 9.17) is 16.3 Å². The fourth-order valence-electron chi connectivity index (χ4n) is 2.20. The van der Waals surface area contributed by atoms with E-state index in [1.807, 2.05) is 29.2 Å². The van der Waals surface area contributed by atoms with E-state index < -0.39 is 0 Å². The van der Waals surface area contributed by atoms with Crippen LogP contribution in [0.1, 0.15) is 19.8 Å². The summed E-state index contributed by atoms with van der Waals surface area (Å²) in [5.41, 5.74) is 0.890. The molecule has 18 heavy (non-hydrogen) atoms. The normalized spacial score (nSPS) is 16.2. The number of hydrogen-bond acceptors (Lipinski definition) is 2. The zero-order valence-electron chi connectivity index (χ0n) is 10.7. The summed E-state index contributed by atoms with van der Waals surface area (Å²) >= 11 is 5.71. The molecule has 98 valence electrons. The lowest BCUT2D eigenvalue weighted by molar-refractivity contribution is -0.116. The van der Waals surface area contributed by atoms with E-state index in [1.54, 1.807) is 7.11 Å². The molecule has 1 atom stereocenters. The lowest BCUT2D eigenvalue weighted by Crippen LogP contribution is -2.40. The Morgan fingerprint density at radius 3 is 2.50 bits per heavy atom. The van der Waals surface area contributed by atoms with Gasteiger partial charge in [-0.2, -0.15) is 0 Å². The number of nitrogens with zero attached hydrogens (tertiary/aromatic N) is 1. The molecule has 0 bridgehead atoms. The van der Waals surface area contributed by atoms with Crippen LogP contribution < -0.4 is 9.64 Å². The zero-order valence-corrected chi connectivity index (χ0v) is 11.5. The molecule has 1 aromatic rings. The number of benzene rings is 1. The molecule has 0 aromatic heterocycles. The van der Waals surface area contributed by atoms with Crippen molar-refractivity contribution in [3.63, 3.8) is 0 Å². The predicted octanol–water partition coefficient (Wildman–Crippen LogP) is 3.07. The fraction of sp³-hybridized carbons (Fsp3) is 0.500. The number of ether oxygens (including phenoxy) is 1. The van der Waals surface area contributed by atoms with Crippen LogP contribution in [0.2, 0.25) is 0 Å². The molecule has 1 amide bonds. The fourth-order valence-corrected chi connectivity index (χ4v) is 2.33. The van der Waals surface area contributed by atoms with Crippen LogP contribution in [0.4, 0.5) is 5.69 Å². The number of methoxy groups -OCH3 is 1. The average Bonchev–Trinajstić information content (AvgIpc) is 3.23. The van der Waals surface area contributed by atoms with Crippen LogP contribution in [0.15, 0.2) is 24.3 Å². The van der Waals surface area contributed by atoms with Crippen molar-refractivity contribution in [2.75, 3.05) is 17.9 Å². The van der Waals surface area contributed by atoms with Gasteiger partial charge in [0.15, 0.2) is 0 Å². The largest absolute Gasteiger partial charge is 0.497 e. The van der Waals surface area contributed by atoms with Crippen molar-refractivity contribution in [1.82, 2.24) is 0 Å². The molecule has 1 aliphatic carbocycles. The number of halogens is 1. The number of rotatable bonds is 5. The maximum atomic E-state index is 12.0. The average molecular weight is 268 g/mol. The van der Waals surface area contributed by atoms with Crippen molar-refractivity contribution in [2.24, 2.45) is 5.92 Å². The highest BCUT2D eigenvalue weighted by molar-refractivity contribution is 6.29. The third-order valence-corrected chi connectivity index (χ3v) is 3.67. The molecule has 0 N–H and O–H groups in total. The van der Waals surface area contributed by atoms with Gasteiger partial charge in [0.2, 0.25) is 5.91 Å². The van der Waals surface area contributed by atoms with Crippen LogP contribution in [0.25, 0.3) is 0 Å². The highest BCUT2D eigenvalue weighted by Gasteiger charge is 2.34. The Morgan fingerprint density at radius 2 is 2.06 bits per heavy atom. The lowest BCUT2D eigenvalue weighted by atomic mass is 10.1. The zero-order chi connectivity index (χ0) is 13.1. The summed E-state index contributed by atoms with van der Waals surface area (Å²) in [5, 5.41) is 0. The highest BCUT2D eigenvalue weighted by Crippen LogP contribution is 2.37. The second kappa shape index (κ2) is 5.61. The van der Waals surface area contributed by atoms with E-state index in [1.165, 1.54) is 12.8 Å². The molecule has 0 aliphatic heterocycles. The summed E-state index contributed by atoms with van der Waals surface area (Å²) in [7, 11) is 1.63. The molecule has 3 nitrogen and oxygen atoms in total. The predicted molar refractivity (Wildman–Crippen MR) is 73.4 cm³/mol. The first-order valence-corrected chi connectivity index (χ1v) is 6.73. The number of anilines is 1. The number of carbonyl (C=O) groups is 1. The van der Waals surface area contributed by atoms with E-state index in [-0.39, 0.29) is 17.8 Å². The first-order valence-electron chi connectivity index (χ1n) is 6.19. The van der Waals surface area contributed by atoms with Crippen LogP contribution in [0, 0.1) is 5.92 Å². The van der Waals surface area contributed by atoms with E-state index in [0.717, 1.165) is 11.4 Å². The Morgan fingerprint density at radius 1 is 1.44 bits per heavy atom. The molecule has 2 rings (SSSR count). The molecular weight excluding hydrogens is 250 g/mol. The van der Waals surface area contributed by atoms with Crippen molar-refractivity contribution in [2.45, 2.75) is 25.8 Å². The van der Waals surface area contributed by atoms with E-state index in [9.17, 15) is 4.79 Å². The van der Waals surface area contributed by atoms with Crippen LogP contribution >= 0.6 is 11.6 Å². The number of hydrogen-bond donors (Lipinski definition) is 0. The van der Waals surface area contributed by atoms with Crippen molar-refractivity contribution in [3.8, 4) is 5.75 Å². The molecule has 0 saturated heterocycles. The molecule has 1 aromatic carbocycles. The van der Waals surface area contributed by atoms with Gasteiger partial charge in [-0.05, 0) is 49.9 Å². The van der Waals surface area contributed by atoms with Crippen LogP contribution in [0.3, 0.4) is 0 Å². The van der Waals surface area contributed by atoms with Gasteiger partial charge >= 0.3 is 0 Å². The first kappa shape index (κ1) is 13.2. The Hall–Kier alpha value is -1.22. The highest BCUT2D eigenvalue weighted by atomic mass is 35.5. The summed E-state index contributed by atoms with van der Waals surface area (Å²) in [5.74, 6) is 1.37. The molecule has 1 fully saturated rings. The Kier molecular flexibility index (Phi) is 4.12. The van der Waals surface area contributed by atoms with Gasteiger partial charge in [-0.25, -0.2) is 0 Å². The minimum atomic E-state index is -0.0405. The van der Waals surface area contributed by atoms with E-state index in [2.05, 4.69) is 6.92 Å². The van der Waals surface area contributed by atoms with Crippen LogP contribution in [0.5, 0.6) is 5.75 Å². The lowest BCUT2D eigenvalue weighted by Gasteiger charge is -2.29. The Labute approximate surface area is 113 Å². The van der Waals surface area contributed by atoms with Crippen LogP contribution in [-0.2, 0) is 4.79 Å². The van der Waals surface area contributed by atoms with Gasteiger partial charge in [-0.1, -0.05) is 0 Å². The standard InChI is InChI=1S/C14H18ClNO2/c1-10(11-3-4-11)16(14(17)9-15)12-5-7-13(18-2)8-6-12/h5-8,10-11H,3-4,9H2,1-2H3/t10-/m0/s1. The number of carbonyl (C=O) groups excluding carboxylic acids is 1. The molecule has 0 unspecified atom stereocenters. The second-order valence-corrected chi connectivity index (χ2v) is 4.94. The minimum Gasteiger partial charge on any atom is -0.497 e. The molecule has 1 saturated carbocycles. The second-order valence-electron chi connectivity index (χ2n) is 4.67. The first-order chi connectivity index (χ1) is 8.67. The monoisotopic (exact) mass is 267 g/mol. The molecular formula is C14H18ClNO2. The number of alkyl halides is 1. The molecule has 1 aliphatic rings. The third kappa shape index (κ3) is 2.78. The third-order valence-electron chi connectivity index (χ3n) is 3.45. The topological polar surface area (TPSA) is 29.5 Å². The molecule has 0 spiro atoms. The summed E-state index contributed by atoms with van der Waals surface area (Å²) in [4.78, 5) is 13.8. The van der Waals surface area contributed by atoms with Crippen molar-refractivity contribution in [1.29, 1.82) is 0 Å². The van der Waals surface area contributed by atoms with E-state index in [0.29, 0.717) is 5.92 Å². The smallest absolute Gasteiger partial charge is 0.242 e. The summed E-state index contributed by atoms with van der Waals surface area (Å²) in [6.07, 6.45) is 2.40. The maximum Gasteiger partial charge on any atom is 0.242 e.